The van der Waals surface area contributed by atoms with Crippen LogP contribution in [0.25, 0.3) is 0 Å². The van der Waals surface area contributed by atoms with Gasteiger partial charge in [0.15, 0.2) is 0 Å². The maximum atomic E-state index is 11.0. The molecule has 19 heavy (non-hydrogen) atoms. The van der Waals surface area contributed by atoms with Crippen molar-refractivity contribution in [1.82, 2.24) is 4.72 Å². The third-order valence-corrected chi connectivity index (χ3v) is 3.89. The van der Waals surface area contributed by atoms with E-state index >= 15 is 0 Å². The Hall–Kier alpha value is -1.16. The van der Waals surface area contributed by atoms with Crippen LogP contribution in [0.5, 0.6) is 0 Å². The van der Waals surface area contributed by atoms with Crippen LogP contribution in [0.1, 0.15) is 6.42 Å². The highest BCUT2D eigenvalue weighted by Gasteiger charge is 2.06. The molecule has 0 heterocycles. The minimum absolute atomic E-state index is 0.0526. The van der Waals surface area contributed by atoms with Gasteiger partial charge in [-0.15, -0.1) is 0 Å². The number of rotatable bonds is 7. The van der Waals surface area contributed by atoms with Gasteiger partial charge in [-0.3, -0.25) is 0 Å². The van der Waals surface area contributed by atoms with Crippen LogP contribution < -0.4 is 15.2 Å². The van der Waals surface area contributed by atoms with Gasteiger partial charge in [-0.1, -0.05) is 0 Å². The monoisotopic (exact) mass is 307 g/mol. The van der Waals surface area contributed by atoms with Gasteiger partial charge in [-0.2, -0.15) is 0 Å². The number of hydrogen-bond donors (Lipinski definition) is 3. The van der Waals surface area contributed by atoms with E-state index in [0.717, 1.165) is 11.9 Å². The second-order valence-corrected chi connectivity index (χ2v) is 7.41. The van der Waals surface area contributed by atoms with Gasteiger partial charge in [-0.25, -0.2) is 26.7 Å². The van der Waals surface area contributed by atoms with E-state index in [1.807, 2.05) is 0 Å². The van der Waals surface area contributed by atoms with E-state index in [9.17, 15) is 16.8 Å². The number of benzene rings is 1. The summed E-state index contributed by atoms with van der Waals surface area (Å²) in [7, 11) is -6.82. The van der Waals surface area contributed by atoms with Crippen molar-refractivity contribution >= 4 is 25.7 Å². The standard InChI is InChI=1S/C10H17N3O4S2/c1-18(14,15)13-8-2-7-12-9-3-5-10(6-4-9)19(11,16)17/h3-6,12-13H,2,7-8H2,1H3,(H2,11,16,17). The lowest BCUT2D eigenvalue weighted by molar-refractivity contribution is 0.586. The number of primary sulfonamides is 1. The van der Waals surface area contributed by atoms with E-state index in [-0.39, 0.29) is 4.90 Å². The van der Waals surface area contributed by atoms with Crippen molar-refractivity contribution < 1.29 is 16.8 Å². The molecule has 1 aromatic carbocycles. The smallest absolute Gasteiger partial charge is 0.238 e. The highest BCUT2D eigenvalue weighted by atomic mass is 32.2. The van der Waals surface area contributed by atoms with Crippen LogP contribution in [0, 0.1) is 0 Å². The summed E-state index contributed by atoms with van der Waals surface area (Å²) in [6, 6.07) is 6.02. The third-order valence-electron chi connectivity index (χ3n) is 2.23. The second kappa shape index (κ2) is 6.33. The maximum absolute atomic E-state index is 11.0. The zero-order valence-electron chi connectivity index (χ0n) is 10.5. The Morgan fingerprint density at radius 1 is 1.05 bits per heavy atom. The average molecular weight is 307 g/mol. The fourth-order valence-corrected chi connectivity index (χ4v) is 2.37. The normalized spacial score (nSPS) is 12.3. The third kappa shape index (κ3) is 6.53. The van der Waals surface area contributed by atoms with Gasteiger partial charge in [0.05, 0.1) is 11.2 Å². The molecule has 0 unspecified atom stereocenters. The van der Waals surface area contributed by atoms with Crippen molar-refractivity contribution in [3.63, 3.8) is 0 Å². The summed E-state index contributed by atoms with van der Waals surface area (Å²) in [5.74, 6) is 0. The predicted molar refractivity (Wildman–Crippen MR) is 73.8 cm³/mol. The van der Waals surface area contributed by atoms with Gasteiger partial charge >= 0.3 is 0 Å². The molecule has 0 radical (unpaired) electrons. The molecule has 7 nitrogen and oxygen atoms in total. The first kappa shape index (κ1) is 15.9. The van der Waals surface area contributed by atoms with E-state index in [4.69, 9.17) is 5.14 Å². The van der Waals surface area contributed by atoms with Crippen LogP contribution in [0.2, 0.25) is 0 Å². The van der Waals surface area contributed by atoms with Crippen molar-refractivity contribution in [3.05, 3.63) is 24.3 Å². The number of hydrogen-bond acceptors (Lipinski definition) is 5. The lowest BCUT2D eigenvalue weighted by atomic mass is 10.3. The lowest BCUT2D eigenvalue weighted by Gasteiger charge is -2.07. The highest BCUT2D eigenvalue weighted by molar-refractivity contribution is 7.89. The second-order valence-electron chi connectivity index (χ2n) is 4.02. The first-order chi connectivity index (χ1) is 8.68. The minimum Gasteiger partial charge on any atom is -0.385 e. The molecule has 1 aromatic rings. The summed E-state index contributed by atoms with van der Waals surface area (Å²) in [6.45, 7) is 0.915. The topological polar surface area (TPSA) is 118 Å². The summed E-state index contributed by atoms with van der Waals surface area (Å²) in [5.41, 5.74) is 0.742. The van der Waals surface area contributed by atoms with Crippen molar-refractivity contribution in [1.29, 1.82) is 0 Å². The highest BCUT2D eigenvalue weighted by Crippen LogP contribution is 2.12. The molecule has 4 N–H and O–H groups in total. The molecule has 0 bridgehead atoms. The fourth-order valence-electron chi connectivity index (χ4n) is 1.34. The molecule has 0 saturated heterocycles. The van der Waals surface area contributed by atoms with Gasteiger partial charge in [0.25, 0.3) is 0 Å². The van der Waals surface area contributed by atoms with Crippen LogP contribution in [0.3, 0.4) is 0 Å². The van der Waals surface area contributed by atoms with Crippen LogP contribution >= 0.6 is 0 Å². The molecule has 9 heteroatoms. The van der Waals surface area contributed by atoms with E-state index < -0.39 is 20.0 Å². The molecular formula is C10H17N3O4S2. The number of sulfonamides is 2. The minimum atomic E-state index is -3.67. The molecular weight excluding hydrogens is 290 g/mol. The van der Waals surface area contributed by atoms with Crippen LogP contribution in [-0.4, -0.2) is 36.2 Å². The molecule has 0 fully saturated rings. The molecule has 1 rings (SSSR count). The van der Waals surface area contributed by atoms with Crippen LogP contribution in [-0.2, 0) is 20.0 Å². The van der Waals surface area contributed by atoms with Gasteiger partial charge in [0, 0.05) is 18.8 Å². The molecule has 0 aliphatic heterocycles. The van der Waals surface area contributed by atoms with Crippen molar-refractivity contribution in [2.75, 3.05) is 24.7 Å². The molecule has 0 aliphatic rings. The molecule has 0 spiro atoms. The Bertz CT molecular complexity index is 609. The van der Waals surface area contributed by atoms with Crippen LogP contribution in [0.4, 0.5) is 5.69 Å². The summed E-state index contributed by atoms with van der Waals surface area (Å²) in [6.07, 6.45) is 1.72. The van der Waals surface area contributed by atoms with Crippen molar-refractivity contribution in [2.45, 2.75) is 11.3 Å². The first-order valence-electron chi connectivity index (χ1n) is 5.50. The first-order valence-corrected chi connectivity index (χ1v) is 8.94. The largest absolute Gasteiger partial charge is 0.385 e. The molecule has 0 atom stereocenters. The Morgan fingerprint density at radius 3 is 2.11 bits per heavy atom. The molecule has 0 amide bonds. The van der Waals surface area contributed by atoms with Crippen molar-refractivity contribution in [3.8, 4) is 0 Å². The van der Waals surface area contributed by atoms with Gasteiger partial charge in [-0.05, 0) is 30.7 Å². The van der Waals surface area contributed by atoms with E-state index in [0.29, 0.717) is 19.5 Å². The SMILES string of the molecule is CS(=O)(=O)NCCCNc1ccc(S(N)(=O)=O)cc1. The van der Waals surface area contributed by atoms with E-state index in [1.165, 1.54) is 12.1 Å². The Morgan fingerprint density at radius 2 is 1.63 bits per heavy atom. The predicted octanol–water partition coefficient (Wildman–Crippen LogP) is -0.315. The zero-order valence-corrected chi connectivity index (χ0v) is 12.1. The summed E-state index contributed by atoms with van der Waals surface area (Å²) in [4.78, 5) is 0.0526. The molecule has 0 saturated carbocycles. The van der Waals surface area contributed by atoms with Crippen molar-refractivity contribution in [2.24, 2.45) is 5.14 Å². The quantitative estimate of drug-likeness (QED) is 0.597. The maximum Gasteiger partial charge on any atom is 0.238 e. The Labute approximate surface area is 113 Å². The summed E-state index contributed by atoms with van der Waals surface area (Å²) in [5, 5.41) is 8.01. The van der Waals surface area contributed by atoms with Gasteiger partial charge < -0.3 is 5.32 Å². The summed E-state index contributed by atoms with van der Waals surface area (Å²) >= 11 is 0. The lowest BCUT2D eigenvalue weighted by Crippen LogP contribution is -2.24. The average Bonchev–Trinajstić information content (AvgIpc) is 2.26. The molecule has 108 valence electrons. The van der Waals surface area contributed by atoms with Crippen LogP contribution in [0.15, 0.2) is 29.2 Å². The Balaban J connectivity index is 2.39. The number of anilines is 1. The van der Waals surface area contributed by atoms with Gasteiger partial charge in [0.2, 0.25) is 20.0 Å². The molecule has 0 aromatic heterocycles. The van der Waals surface area contributed by atoms with Gasteiger partial charge in [0.1, 0.15) is 0 Å². The summed E-state index contributed by atoms with van der Waals surface area (Å²) < 4.78 is 46.0. The van der Waals surface area contributed by atoms with E-state index in [2.05, 4.69) is 10.0 Å². The Kier molecular flexibility index (Phi) is 5.29. The number of nitrogens with two attached hydrogens (primary N) is 1. The number of nitrogens with one attached hydrogen (secondary N) is 2. The molecule has 0 aliphatic carbocycles. The van der Waals surface area contributed by atoms with E-state index in [1.54, 1.807) is 12.1 Å². The zero-order chi connectivity index (χ0) is 14.5. The fraction of sp³-hybridized carbons (Fsp3) is 0.400.